The fourth-order valence-corrected chi connectivity index (χ4v) is 3.40. The summed E-state index contributed by atoms with van der Waals surface area (Å²) in [5.74, 6) is -1.26. The molecule has 1 atom stereocenters. The van der Waals surface area contributed by atoms with Crippen LogP contribution < -0.4 is 5.32 Å². The van der Waals surface area contributed by atoms with E-state index in [0.717, 1.165) is 22.9 Å². The van der Waals surface area contributed by atoms with Gasteiger partial charge in [0.05, 0.1) is 18.2 Å². The summed E-state index contributed by atoms with van der Waals surface area (Å²) in [6, 6.07) is 5.98. The van der Waals surface area contributed by atoms with Gasteiger partial charge >= 0.3 is 0 Å². The van der Waals surface area contributed by atoms with Crippen LogP contribution in [0.15, 0.2) is 34.0 Å². The molecule has 6 heteroatoms. The average molecular weight is 365 g/mol. The van der Waals surface area contributed by atoms with Crippen molar-refractivity contribution >= 4 is 27.7 Å². The number of hydrogen-bond acceptors (Lipinski definition) is 3. The van der Waals surface area contributed by atoms with E-state index in [1.165, 1.54) is 10.5 Å². The second-order valence-corrected chi connectivity index (χ2v) is 6.47. The molecular weight excluding hydrogens is 348 g/mol. The number of nitrogens with zero attached hydrogens (tertiary/aromatic N) is 1. The quantitative estimate of drug-likeness (QED) is 0.863. The van der Waals surface area contributed by atoms with Crippen molar-refractivity contribution in [1.82, 2.24) is 10.2 Å². The number of benzene rings is 1. The number of nitrogens with one attached hydrogen (secondary N) is 1. The number of aliphatic hydroxyl groups excluding tert-OH is 1. The monoisotopic (exact) mass is 364 g/mol. The molecule has 0 spiro atoms. The normalized spacial score (nSPS) is 20.5. The van der Waals surface area contributed by atoms with Crippen LogP contribution in [0.2, 0.25) is 0 Å². The highest BCUT2D eigenvalue weighted by molar-refractivity contribution is 9.10. The molecular formula is C16H17BrN2O3. The van der Waals surface area contributed by atoms with Gasteiger partial charge in [-0.3, -0.25) is 9.59 Å². The predicted octanol–water partition coefficient (Wildman–Crippen LogP) is 2.23. The first-order chi connectivity index (χ1) is 10.5. The number of likely N-dealkylation sites (N-methyl/N-ethyl adjacent to an activating group) is 1. The number of fused-ring (bicyclic) bond motifs is 1. The van der Waals surface area contributed by atoms with E-state index >= 15 is 0 Å². The lowest BCUT2D eigenvalue weighted by molar-refractivity contribution is -0.127. The van der Waals surface area contributed by atoms with Crippen molar-refractivity contribution in [1.29, 1.82) is 0 Å². The van der Waals surface area contributed by atoms with Crippen molar-refractivity contribution in [2.75, 3.05) is 13.1 Å². The molecule has 0 aromatic heterocycles. The van der Waals surface area contributed by atoms with Crippen LogP contribution in [0.1, 0.15) is 30.5 Å². The molecule has 0 saturated carbocycles. The van der Waals surface area contributed by atoms with Gasteiger partial charge in [-0.25, -0.2) is 0 Å². The Morgan fingerprint density at radius 3 is 2.95 bits per heavy atom. The third kappa shape index (κ3) is 2.52. The summed E-state index contributed by atoms with van der Waals surface area (Å²) >= 11 is 3.45. The van der Waals surface area contributed by atoms with Crippen LogP contribution in [0.3, 0.4) is 0 Å². The first kappa shape index (κ1) is 15.1. The van der Waals surface area contributed by atoms with Gasteiger partial charge in [0.15, 0.2) is 5.76 Å². The highest BCUT2D eigenvalue weighted by Gasteiger charge is 2.34. The average Bonchev–Trinajstić information content (AvgIpc) is 3.02. The van der Waals surface area contributed by atoms with Crippen LogP contribution in [-0.4, -0.2) is 34.9 Å². The number of aryl methyl sites for hydroxylation is 1. The van der Waals surface area contributed by atoms with Crippen LogP contribution in [0.25, 0.3) is 0 Å². The second kappa shape index (κ2) is 5.76. The molecule has 1 aromatic rings. The molecule has 0 saturated heterocycles. The van der Waals surface area contributed by atoms with Gasteiger partial charge in [-0.2, -0.15) is 0 Å². The Hall–Kier alpha value is -1.82. The Morgan fingerprint density at radius 1 is 1.50 bits per heavy atom. The number of carbonyl (C=O) groups is 2. The van der Waals surface area contributed by atoms with Crippen molar-refractivity contribution in [3.05, 3.63) is 45.1 Å². The molecule has 3 rings (SSSR count). The minimum Gasteiger partial charge on any atom is -0.503 e. The molecule has 22 heavy (non-hydrogen) atoms. The van der Waals surface area contributed by atoms with Gasteiger partial charge in [-0.15, -0.1) is 0 Å². The first-order valence-electron chi connectivity index (χ1n) is 7.31. The lowest BCUT2D eigenvalue weighted by atomic mass is 10.1. The van der Waals surface area contributed by atoms with E-state index in [4.69, 9.17) is 0 Å². The lowest BCUT2D eigenvalue weighted by Gasteiger charge is -2.16. The highest BCUT2D eigenvalue weighted by atomic mass is 79.9. The summed E-state index contributed by atoms with van der Waals surface area (Å²) in [5.41, 5.74) is 2.49. The third-order valence-corrected chi connectivity index (χ3v) is 4.76. The Morgan fingerprint density at radius 2 is 2.27 bits per heavy atom. The minimum absolute atomic E-state index is 0.0777. The van der Waals surface area contributed by atoms with Crippen molar-refractivity contribution < 1.29 is 14.7 Å². The van der Waals surface area contributed by atoms with Crippen molar-refractivity contribution in [3.8, 4) is 0 Å². The van der Waals surface area contributed by atoms with Crippen LogP contribution in [0.5, 0.6) is 0 Å². The Bertz CT molecular complexity index is 684. The minimum atomic E-state index is -0.470. The van der Waals surface area contributed by atoms with E-state index in [1.54, 1.807) is 0 Å². The van der Waals surface area contributed by atoms with Gasteiger partial charge in [-0.05, 0) is 43.0 Å². The maximum Gasteiger partial charge on any atom is 0.289 e. The summed E-state index contributed by atoms with van der Waals surface area (Å²) in [6.45, 7) is 2.46. The summed E-state index contributed by atoms with van der Waals surface area (Å²) in [7, 11) is 0. The number of rotatable bonds is 3. The molecule has 1 aliphatic carbocycles. The Balaban J connectivity index is 1.77. The molecule has 1 aliphatic heterocycles. The predicted molar refractivity (Wildman–Crippen MR) is 85.3 cm³/mol. The number of amides is 2. The van der Waals surface area contributed by atoms with Crippen molar-refractivity contribution in [2.24, 2.45) is 0 Å². The molecule has 0 fully saturated rings. The molecule has 1 heterocycles. The molecule has 2 aliphatic rings. The fraction of sp³-hybridized carbons (Fsp3) is 0.375. The van der Waals surface area contributed by atoms with Crippen LogP contribution in [-0.2, 0) is 16.0 Å². The van der Waals surface area contributed by atoms with Gasteiger partial charge in [0.1, 0.15) is 0 Å². The van der Waals surface area contributed by atoms with Gasteiger partial charge in [0.25, 0.3) is 11.8 Å². The zero-order valence-electron chi connectivity index (χ0n) is 12.2. The zero-order valence-corrected chi connectivity index (χ0v) is 13.8. The summed E-state index contributed by atoms with van der Waals surface area (Å²) in [4.78, 5) is 25.6. The van der Waals surface area contributed by atoms with Crippen LogP contribution >= 0.6 is 15.9 Å². The van der Waals surface area contributed by atoms with Crippen LogP contribution in [0.4, 0.5) is 0 Å². The summed E-state index contributed by atoms with van der Waals surface area (Å²) < 4.78 is 0.975. The smallest absolute Gasteiger partial charge is 0.289 e. The molecule has 5 nitrogen and oxygen atoms in total. The fourth-order valence-electron chi connectivity index (χ4n) is 3.02. The van der Waals surface area contributed by atoms with E-state index in [9.17, 15) is 14.7 Å². The zero-order chi connectivity index (χ0) is 15.9. The number of hydrogen-bond donors (Lipinski definition) is 2. The van der Waals surface area contributed by atoms with E-state index in [0.29, 0.717) is 6.54 Å². The second-order valence-electron chi connectivity index (χ2n) is 5.55. The molecule has 0 bridgehead atoms. The maximum absolute atomic E-state index is 12.4. The number of halogens is 1. The van der Waals surface area contributed by atoms with Crippen LogP contribution in [0, 0.1) is 0 Å². The molecule has 116 valence electrons. The van der Waals surface area contributed by atoms with E-state index in [2.05, 4.69) is 27.3 Å². The topological polar surface area (TPSA) is 69.6 Å². The summed E-state index contributed by atoms with van der Waals surface area (Å²) in [5, 5.41) is 12.8. The van der Waals surface area contributed by atoms with E-state index in [-0.39, 0.29) is 24.1 Å². The Kier molecular flexibility index (Phi) is 3.95. The van der Waals surface area contributed by atoms with E-state index < -0.39 is 11.7 Å². The maximum atomic E-state index is 12.4. The van der Waals surface area contributed by atoms with E-state index in [1.807, 2.05) is 19.1 Å². The lowest BCUT2D eigenvalue weighted by Crippen LogP contribution is -2.31. The van der Waals surface area contributed by atoms with Gasteiger partial charge in [0, 0.05) is 11.0 Å². The standard InChI is InChI=1S/C16H17BrN2O3/c1-2-19-8-12(14(20)16(19)22)15(21)18-13-6-4-9-3-5-10(17)7-11(9)13/h3,5,7,13,20H,2,4,6,8H2,1H3,(H,18,21). The first-order valence-corrected chi connectivity index (χ1v) is 8.11. The van der Waals surface area contributed by atoms with Gasteiger partial charge < -0.3 is 15.3 Å². The third-order valence-electron chi connectivity index (χ3n) is 4.27. The van der Waals surface area contributed by atoms with Crippen molar-refractivity contribution in [2.45, 2.75) is 25.8 Å². The molecule has 2 amide bonds. The van der Waals surface area contributed by atoms with Gasteiger partial charge in [-0.1, -0.05) is 22.0 Å². The number of aliphatic hydroxyl groups is 1. The molecule has 2 N–H and O–H groups in total. The molecule has 1 unspecified atom stereocenters. The SMILES string of the molecule is CCN1CC(C(=O)NC2CCc3ccc(Br)cc32)=C(O)C1=O. The largest absolute Gasteiger partial charge is 0.503 e. The van der Waals surface area contributed by atoms with Gasteiger partial charge in [0.2, 0.25) is 0 Å². The summed E-state index contributed by atoms with van der Waals surface area (Å²) in [6.07, 6.45) is 1.75. The highest BCUT2D eigenvalue weighted by Crippen LogP contribution is 2.33. The Labute approximate surface area is 137 Å². The number of carbonyl (C=O) groups excluding carboxylic acids is 2. The molecule has 1 aromatic carbocycles. The molecule has 0 radical (unpaired) electrons. The van der Waals surface area contributed by atoms with Crippen molar-refractivity contribution in [3.63, 3.8) is 0 Å².